The second kappa shape index (κ2) is 8.97. The van der Waals surface area contributed by atoms with E-state index in [-0.39, 0.29) is 12.5 Å². The maximum Gasteiger partial charge on any atom is 0.243 e. The SMILES string of the molecule is CCN(CC)c1ccc(NCC(=O)Nc2cc(C)ccc2OC)cc1. The van der Waals surface area contributed by atoms with E-state index in [9.17, 15) is 4.79 Å². The molecule has 0 radical (unpaired) electrons. The largest absolute Gasteiger partial charge is 0.495 e. The van der Waals surface area contributed by atoms with Crippen LogP contribution in [0.3, 0.4) is 0 Å². The molecule has 2 N–H and O–H groups in total. The first-order valence-corrected chi connectivity index (χ1v) is 8.60. The van der Waals surface area contributed by atoms with Crippen molar-refractivity contribution in [3.05, 3.63) is 48.0 Å². The number of benzene rings is 2. The van der Waals surface area contributed by atoms with Crippen LogP contribution in [0, 0.1) is 6.92 Å². The Balaban J connectivity index is 1.93. The van der Waals surface area contributed by atoms with Crippen LogP contribution in [0.15, 0.2) is 42.5 Å². The maximum atomic E-state index is 12.2. The molecule has 0 aromatic heterocycles. The van der Waals surface area contributed by atoms with Crippen molar-refractivity contribution < 1.29 is 9.53 Å². The Morgan fingerprint density at radius 3 is 2.36 bits per heavy atom. The van der Waals surface area contributed by atoms with Crippen LogP contribution in [0.4, 0.5) is 17.1 Å². The number of aryl methyl sites for hydroxylation is 1. The number of nitrogens with zero attached hydrogens (tertiary/aromatic N) is 1. The van der Waals surface area contributed by atoms with E-state index >= 15 is 0 Å². The summed E-state index contributed by atoms with van der Waals surface area (Å²) in [6, 6.07) is 13.8. The summed E-state index contributed by atoms with van der Waals surface area (Å²) in [5.74, 6) is 0.541. The first-order valence-electron chi connectivity index (χ1n) is 8.60. The summed E-state index contributed by atoms with van der Waals surface area (Å²) in [5.41, 5.74) is 3.86. The zero-order chi connectivity index (χ0) is 18.2. The van der Waals surface area contributed by atoms with Gasteiger partial charge in [-0.05, 0) is 62.7 Å². The summed E-state index contributed by atoms with van der Waals surface area (Å²) in [7, 11) is 1.59. The van der Waals surface area contributed by atoms with Gasteiger partial charge >= 0.3 is 0 Å². The predicted molar refractivity (Wildman–Crippen MR) is 105 cm³/mol. The van der Waals surface area contributed by atoms with E-state index in [1.165, 1.54) is 5.69 Å². The number of carbonyl (C=O) groups excluding carboxylic acids is 1. The zero-order valence-corrected chi connectivity index (χ0v) is 15.4. The van der Waals surface area contributed by atoms with Gasteiger partial charge in [0.2, 0.25) is 5.91 Å². The third kappa shape index (κ3) is 5.14. The molecule has 134 valence electrons. The molecule has 5 nitrogen and oxygen atoms in total. The highest BCUT2D eigenvalue weighted by molar-refractivity contribution is 5.95. The Bertz CT molecular complexity index is 695. The molecule has 0 fully saturated rings. The second-order valence-electron chi connectivity index (χ2n) is 5.82. The van der Waals surface area contributed by atoms with Gasteiger partial charge < -0.3 is 20.3 Å². The second-order valence-corrected chi connectivity index (χ2v) is 5.82. The molecule has 0 bridgehead atoms. The average Bonchev–Trinajstić information content (AvgIpc) is 2.62. The van der Waals surface area contributed by atoms with E-state index in [4.69, 9.17) is 4.74 Å². The van der Waals surface area contributed by atoms with Crippen LogP contribution < -0.4 is 20.3 Å². The summed E-state index contributed by atoms with van der Waals surface area (Å²) >= 11 is 0. The number of methoxy groups -OCH3 is 1. The van der Waals surface area contributed by atoms with E-state index < -0.39 is 0 Å². The van der Waals surface area contributed by atoms with E-state index in [1.54, 1.807) is 7.11 Å². The van der Waals surface area contributed by atoms with Crippen molar-refractivity contribution >= 4 is 23.0 Å². The number of amides is 1. The Morgan fingerprint density at radius 1 is 1.08 bits per heavy atom. The highest BCUT2D eigenvalue weighted by Gasteiger charge is 2.08. The molecule has 1 amide bonds. The van der Waals surface area contributed by atoms with Crippen LogP contribution in [0.25, 0.3) is 0 Å². The average molecular weight is 341 g/mol. The summed E-state index contributed by atoms with van der Waals surface area (Å²) < 4.78 is 5.28. The highest BCUT2D eigenvalue weighted by Crippen LogP contribution is 2.25. The van der Waals surface area contributed by atoms with Gasteiger partial charge in [0.25, 0.3) is 0 Å². The van der Waals surface area contributed by atoms with E-state index in [0.29, 0.717) is 11.4 Å². The maximum absolute atomic E-state index is 12.2. The minimum atomic E-state index is -0.114. The molecule has 25 heavy (non-hydrogen) atoms. The lowest BCUT2D eigenvalue weighted by Gasteiger charge is -2.21. The summed E-state index contributed by atoms with van der Waals surface area (Å²) in [4.78, 5) is 14.5. The Labute approximate surface area is 150 Å². The van der Waals surface area contributed by atoms with Crippen molar-refractivity contribution in [2.24, 2.45) is 0 Å². The van der Waals surface area contributed by atoms with Crippen molar-refractivity contribution in [1.82, 2.24) is 0 Å². The quantitative estimate of drug-likeness (QED) is 0.764. The van der Waals surface area contributed by atoms with Gasteiger partial charge in [-0.3, -0.25) is 4.79 Å². The standard InChI is InChI=1S/C20H27N3O2/c1-5-23(6-2)17-10-8-16(9-11-17)21-14-20(24)22-18-13-15(3)7-12-19(18)25-4/h7-13,21H,5-6,14H2,1-4H3,(H,22,24). The Morgan fingerprint density at radius 2 is 1.76 bits per heavy atom. The summed E-state index contributed by atoms with van der Waals surface area (Å²) in [6.07, 6.45) is 0. The lowest BCUT2D eigenvalue weighted by atomic mass is 10.2. The molecule has 5 heteroatoms. The smallest absolute Gasteiger partial charge is 0.243 e. The molecule has 2 aromatic carbocycles. The third-order valence-corrected chi connectivity index (χ3v) is 4.08. The lowest BCUT2D eigenvalue weighted by molar-refractivity contribution is -0.114. The molecule has 0 aliphatic rings. The van der Waals surface area contributed by atoms with Gasteiger partial charge in [-0.15, -0.1) is 0 Å². The topological polar surface area (TPSA) is 53.6 Å². The van der Waals surface area contributed by atoms with E-state index in [0.717, 1.165) is 24.3 Å². The molecular formula is C20H27N3O2. The van der Waals surface area contributed by atoms with Gasteiger partial charge in [-0.2, -0.15) is 0 Å². The van der Waals surface area contributed by atoms with Crippen LogP contribution in [0.2, 0.25) is 0 Å². The Hall–Kier alpha value is -2.69. The number of carbonyl (C=O) groups is 1. The normalized spacial score (nSPS) is 10.2. The predicted octanol–water partition coefficient (Wildman–Crippen LogP) is 3.90. The molecule has 0 unspecified atom stereocenters. The fourth-order valence-corrected chi connectivity index (χ4v) is 2.68. The minimum absolute atomic E-state index is 0.114. The minimum Gasteiger partial charge on any atom is -0.495 e. The van der Waals surface area contributed by atoms with Gasteiger partial charge in [-0.1, -0.05) is 6.07 Å². The van der Waals surface area contributed by atoms with Crippen LogP contribution in [0.5, 0.6) is 5.75 Å². The fourth-order valence-electron chi connectivity index (χ4n) is 2.68. The monoisotopic (exact) mass is 341 g/mol. The molecule has 0 aliphatic heterocycles. The summed E-state index contributed by atoms with van der Waals surface area (Å²) in [5, 5.41) is 6.03. The van der Waals surface area contributed by atoms with Gasteiger partial charge in [0.05, 0.1) is 19.3 Å². The first-order chi connectivity index (χ1) is 12.1. The van der Waals surface area contributed by atoms with Crippen molar-refractivity contribution in [3.8, 4) is 5.75 Å². The van der Waals surface area contributed by atoms with Crippen LogP contribution in [0.1, 0.15) is 19.4 Å². The molecule has 0 aliphatic carbocycles. The zero-order valence-electron chi connectivity index (χ0n) is 15.4. The van der Waals surface area contributed by atoms with Gasteiger partial charge in [0, 0.05) is 24.5 Å². The molecule has 0 heterocycles. The number of ether oxygens (including phenoxy) is 1. The molecule has 2 rings (SSSR count). The molecule has 0 spiro atoms. The van der Waals surface area contributed by atoms with Gasteiger partial charge in [-0.25, -0.2) is 0 Å². The number of hydrogen-bond donors (Lipinski definition) is 2. The van der Waals surface area contributed by atoms with Crippen molar-refractivity contribution in [3.63, 3.8) is 0 Å². The van der Waals surface area contributed by atoms with E-state index in [1.807, 2.05) is 37.3 Å². The first kappa shape index (κ1) is 18.6. The van der Waals surface area contributed by atoms with Crippen molar-refractivity contribution in [2.75, 3.05) is 42.3 Å². The summed E-state index contributed by atoms with van der Waals surface area (Å²) in [6.45, 7) is 8.40. The third-order valence-electron chi connectivity index (χ3n) is 4.08. The number of hydrogen-bond acceptors (Lipinski definition) is 4. The van der Waals surface area contributed by atoms with Crippen LogP contribution >= 0.6 is 0 Å². The van der Waals surface area contributed by atoms with Crippen molar-refractivity contribution in [2.45, 2.75) is 20.8 Å². The van der Waals surface area contributed by atoms with Gasteiger partial charge in [0.1, 0.15) is 5.75 Å². The number of nitrogens with one attached hydrogen (secondary N) is 2. The number of anilines is 3. The van der Waals surface area contributed by atoms with Crippen molar-refractivity contribution in [1.29, 1.82) is 0 Å². The molecule has 0 saturated heterocycles. The molecular weight excluding hydrogens is 314 g/mol. The molecule has 0 saturated carbocycles. The molecule has 0 atom stereocenters. The Kier molecular flexibility index (Phi) is 6.69. The van der Waals surface area contributed by atoms with Crippen LogP contribution in [-0.4, -0.2) is 32.7 Å². The van der Waals surface area contributed by atoms with Crippen LogP contribution in [-0.2, 0) is 4.79 Å². The lowest BCUT2D eigenvalue weighted by Crippen LogP contribution is -2.23. The number of rotatable bonds is 8. The highest BCUT2D eigenvalue weighted by atomic mass is 16.5. The fraction of sp³-hybridized carbons (Fsp3) is 0.350. The molecule has 2 aromatic rings. The van der Waals surface area contributed by atoms with Gasteiger partial charge in [0.15, 0.2) is 0 Å². The van der Waals surface area contributed by atoms with E-state index in [2.05, 4.69) is 41.5 Å².